The lowest BCUT2D eigenvalue weighted by molar-refractivity contribution is -0.149. The Bertz CT molecular complexity index is 203. The van der Waals surface area contributed by atoms with Gasteiger partial charge in [-0.1, -0.05) is 0 Å². The first kappa shape index (κ1) is 12.8. The third-order valence-corrected chi connectivity index (χ3v) is 3.44. The molecule has 1 saturated heterocycles. The maximum absolute atomic E-state index is 11.5. The Kier molecular flexibility index (Phi) is 5.40. The number of esters is 1. The number of hydrogen-bond donors (Lipinski definition) is 0. The quantitative estimate of drug-likeness (QED) is 0.549. The van der Waals surface area contributed by atoms with E-state index in [9.17, 15) is 4.79 Å². The summed E-state index contributed by atoms with van der Waals surface area (Å²) >= 11 is 5.80. The highest BCUT2D eigenvalue weighted by molar-refractivity contribution is 6.18. The van der Waals surface area contributed by atoms with E-state index in [0.717, 1.165) is 25.9 Å². The van der Waals surface area contributed by atoms with Crippen molar-refractivity contribution < 1.29 is 9.53 Å². The minimum atomic E-state index is -0.0318. The summed E-state index contributed by atoms with van der Waals surface area (Å²) in [6.07, 6.45) is 1.81. The van der Waals surface area contributed by atoms with Gasteiger partial charge in [0.25, 0.3) is 0 Å². The Morgan fingerprint density at radius 3 is 2.60 bits per heavy atom. The molecule has 88 valence electrons. The molecule has 1 fully saturated rings. The first-order valence-electron chi connectivity index (χ1n) is 5.65. The molecular formula is C11H20ClNO2. The SMILES string of the molecule is CCOC(=O)C1CCN(C(C)CCl)CC1. The molecule has 0 saturated carbocycles. The van der Waals surface area contributed by atoms with Crippen molar-refractivity contribution in [2.45, 2.75) is 32.7 Å². The summed E-state index contributed by atoms with van der Waals surface area (Å²) in [6, 6.07) is 0.412. The lowest BCUT2D eigenvalue weighted by Gasteiger charge is -2.34. The molecule has 1 atom stereocenters. The fraction of sp³-hybridized carbons (Fsp3) is 0.909. The summed E-state index contributed by atoms with van der Waals surface area (Å²) in [5.41, 5.74) is 0. The van der Waals surface area contributed by atoms with Crippen molar-refractivity contribution in [1.29, 1.82) is 0 Å². The Hall–Kier alpha value is -0.280. The molecule has 1 aliphatic rings. The van der Waals surface area contributed by atoms with Crippen molar-refractivity contribution in [2.24, 2.45) is 5.92 Å². The highest BCUT2D eigenvalue weighted by atomic mass is 35.5. The molecular weight excluding hydrogens is 214 g/mol. The second-order valence-corrected chi connectivity index (χ2v) is 4.37. The number of rotatable bonds is 4. The zero-order valence-corrected chi connectivity index (χ0v) is 10.3. The number of ether oxygens (including phenoxy) is 1. The van der Waals surface area contributed by atoms with E-state index in [2.05, 4.69) is 11.8 Å². The molecule has 0 aromatic rings. The molecule has 1 rings (SSSR count). The van der Waals surface area contributed by atoms with Crippen LogP contribution in [0.4, 0.5) is 0 Å². The molecule has 0 N–H and O–H groups in total. The van der Waals surface area contributed by atoms with Crippen LogP contribution < -0.4 is 0 Å². The molecule has 0 aromatic heterocycles. The Morgan fingerprint density at radius 2 is 2.13 bits per heavy atom. The average molecular weight is 234 g/mol. The van der Waals surface area contributed by atoms with Gasteiger partial charge in [-0.25, -0.2) is 0 Å². The molecule has 15 heavy (non-hydrogen) atoms. The Morgan fingerprint density at radius 1 is 1.53 bits per heavy atom. The summed E-state index contributed by atoms with van der Waals surface area (Å²) in [4.78, 5) is 13.8. The summed E-state index contributed by atoms with van der Waals surface area (Å²) in [5, 5.41) is 0. The molecule has 0 bridgehead atoms. The van der Waals surface area contributed by atoms with Crippen molar-refractivity contribution in [2.75, 3.05) is 25.6 Å². The van der Waals surface area contributed by atoms with Crippen LogP contribution in [0, 0.1) is 5.92 Å². The number of carbonyl (C=O) groups excluding carboxylic acids is 1. The molecule has 0 aliphatic carbocycles. The fourth-order valence-corrected chi connectivity index (χ4v) is 2.13. The first-order valence-corrected chi connectivity index (χ1v) is 6.19. The summed E-state index contributed by atoms with van der Waals surface area (Å²) in [7, 11) is 0. The maximum Gasteiger partial charge on any atom is 0.309 e. The number of halogens is 1. The lowest BCUT2D eigenvalue weighted by atomic mass is 9.96. The van der Waals surface area contributed by atoms with Crippen molar-refractivity contribution >= 4 is 17.6 Å². The lowest BCUT2D eigenvalue weighted by Crippen LogP contribution is -2.42. The van der Waals surface area contributed by atoms with Crippen LogP contribution in [-0.4, -0.2) is 42.5 Å². The van der Waals surface area contributed by atoms with Gasteiger partial charge in [0.15, 0.2) is 0 Å². The average Bonchev–Trinajstić information content (AvgIpc) is 2.28. The Balaban J connectivity index is 2.32. The zero-order chi connectivity index (χ0) is 11.3. The standard InChI is InChI=1S/C11H20ClNO2/c1-3-15-11(14)10-4-6-13(7-5-10)9(2)8-12/h9-10H,3-8H2,1-2H3. The van der Waals surface area contributed by atoms with Gasteiger partial charge >= 0.3 is 5.97 Å². The molecule has 3 nitrogen and oxygen atoms in total. The van der Waals surface area contributed by atoms with Crippen molar-refractivity contribution in [1.82, 2.24) is 4.90 Å². The molecule has 0 radical (unpaired) electrons. The van der Waals surface area contributed by atoms with Gasteiger partial charge in [0.2, 0.25) is 0 Å². The van der Waals surface area contributed by atoms with Crippen molar-refractivity contribution in [3.05, 3.63) is 0 Å². The maximum atomic E-state index is 11.5. The van der Waals surface area contributed by atoms with Gasteiger partial charge in [-0.05, 0) is 39.8 Å². The minimum Gasteiger partial charge on any atom is -0.466 e. The minimum absolute atomic E-state index is 0.0318. The van der Waals surface area contributed by atoms with Crippen LogP contribution in [0.25, 0.3) is 0 Å². The van der Waals surface area contributed by atoms with Gasteiger partial charge in [-0.2, -0.15) is 0 Å². The van der Waals surface area contributed by atoms with E-state index in [-0.39, 0.29) is 11.9 Å². The highest BCUT2D eigenvalue weighted by Crippen LogP contribution is 2.20. The van der Waals surface area contributed by atoms with Gasteiger partial charge in [0.1, 0.15) is 0 Å². The number of hydrogen-bond acceptors (Lipinski definition) is 3. The van der Waals surface area contributed by atoms with Crippen LogP contribution in [0.3, 0.4) is 0 Å². The topological polar surface area (TPSA) is 29.5 Å². The van der Waals surface area contributed by atoms with E-state index in [1.807, 2.05) is 6.92 Å². The molecule has 0 spiro atoms. The van der Waals surface area contributed by atoms with Gasteiger partial charge < -0.3 is 4.74 Å². The number of nitrogens with zero attached hydrogens (tertiary/aromatic N) is 1. The largest absolute Gasteiger partial charge is 0.466 e. The van der Waals surface area contributed by atoms with E-state index in [4.69, 9.17) is 16.3 Å². The number of likely N-dealkylation sites (tertiary alicyclic amines) is 1. The van der Waals surface area contributed by atoms with E-state index in [1.165, 1.54) is 0 Å². The van der Waals surface area contributed by atoms with E-state index >= 15 is 0 Å². The predicted octanol–water partition coefficient (Wildman–Crippen LogP) is 1.89. The fourth-order valence-electron chi connectivity index (χ4n) is 1.93. The second-order valence-electron chi connectivity index (χ2n) is 4.07. The first-order chi connectivity index (χ1) is 7.19. The van der Waals surface area contributed by atoms with Crippen LogP contribution in [0.1, 0.15) is 26.7 Å². The number of alkyl halides is 1. The molecule has 1 heterocycles. The third kappa shape index (κ3) is 3.65. The van der Waals surface area contributed by atoms with Crippen LogP contribution in [-0.2, 0) is 9.53 Å². The normalized spacial score (nSPS) is 21.3. The molecule has 0 amide bonds. The van der Waals surface area contributed by atoms with Gasteiger partial charge in [-0.3, -0.25) is 9.69 Å². The monoisotopic (exact) mass is 233 g/mol. The third-order valence-electron chi connectivity index (χ3n) is 3.00. The van der Waals surface area contributed by atoms with Crippen molar-refractivity contribution in [3.8, 4) is 0 Å². The molecule has 4 heteroatoms. The highest BCUT2D eigenvalue weighted by Gasteiger charge is 2.27. The summed E-state index contributed by atoms with van der Waals surface area (Å²) in [5.74, 6) is 0.726. The van der Waals surface area contributed by atoms with Crippen LogP contribution in [0.5, 0.6) is 0 Å². The van der Waals surface area contributed by atoms with Crippen LogP contribution in [0.15, 0.2) is 0 Å². The van der Waals surface area contributed by atoms with E-state index in [1.54, 1.807) is 0 Å². The van der Waals surface area contributed by atoms with Gasteiger partial charge in [-0.15, -0.1) is 11.6 Å². The Labute approximate surface area is 96.7 Å². The predicted molar refractivity (Wildman–Crippen MR) is 61.1 cm³/mol. The van der Waals surface area contributed by atoms with E-state index in [0.29, 0.717) is 18.5 Å². The van der Waals surface area contributed by atoms with Gasteiger partial charge in [0.05, 0.1) is 12.5 Å². The summed E-state index contributed by atoms with van der Waals surface area (Å²) < 4.78 is 5.02. The van der Waals surface area contributed by atoms with Crippen LogP contribution >= 0.6 is 11.6 Å². The second kappa shape index (κ2) is 6.33. The number of carbonyl (C=O) groups is 1. The van der Waals surface area contributed by atoms with Crippen LogP contribution in [0.2, 0.25) is 0 Å². The molecule has 1 unspecified atom stereocenters. The smallest absolute Gasteiger partial charge is 0.309 e. The van der Waals surface area contributed by atoms with Crippen molar-refractivity contribution in [3.63, 3.8) is 0 Å². The number of piperidine rings is 1. The zero-order valence-electron chi connectivity index (χ0n) is 9.54. The molecule has 0 aromatic carbocycles. The summed E-state index contributed by atoms with van der Waals surface area (Å²) in [6.45, 7) is 6.37. The van der Waals surface area contributed by atoms with E-state index < -0.39 is 0 Å². The molecule has 1 aliphatic heterocycles. The van der Waals surface area contributed by atoms with Gasteiger partial charge in [0, 0.05) is 11.9 Å².